The summed E-state index contributed by atoms with van der Waals surface area (Å²) < 4.78 is 5.19. The Balaban J connectivity index is 2.29. The highest BCUT2D eigenvalue weighted by atomic mass is 32.2. The number of carbonyl (C=O) groups excluding carboxylic acids is 2. The summed E-state index contributed by atoms with van der Waals surface area (Å²) in [6.07, 6.45) is 0.858. The summed E-state index contributed by atoms with van der Waals surface area (Å²) in [6.45, 7) is 8.35. The largest absolute Gasteiger partial charge is 0.465 e. The van der Waals surface area contributed by atoms with Gasteiger partial charge in [0.15, 0.2) is 0 Å². The Bertz CT molecular complexity index is 502. The predicted octanol–water partition coefficient (Wildman–Crippen LogP) is 3.64. The average Bonchev–Trinajstić information content (AvgIpc) is 2.44. The second kappa shape index (κ2) is 9.51. The molecule has 1 N–H and O–H groups in total. The van der Waals surface area contributed by atoms with Crippen LogP contribution in [0.3, 0.4) is 0 Å². The number of nitrogens with one attached hydrogen (secondary N) is 1. The second-order valence-corrected chi connectivity index (χ2v) is 7.05. The Kier molecular flexibility index (Phi) is 8.02. The normalized spacial score (nSPS) is 12.0. The van der Waals surface area contributed by atoms with Crippen LogP contribution in [0.4, 0.5) is 5.69 Å². The van der Waals surface area contributed by atoms with Crippen LogP contribution < -0.4 is 5.32 Å². The number of rotatable bonds is 8. The molecule has 0 aliphatic rings. The lowest BCUT2D eigenvalue weighted by Crippen LogP contribution is -2.22. The number of hydrogen-bond acceptors (Lipinski definition) is 4. The molecule has 0 saturated heterocycles. The summed E-state index contributed by atoms with van der Waals surface area (Å²) in [5.74, 6) is 0.372. The van der Waals surface area contributed by atoms with E-state index in [1.165, 1.54) is 11.8 Å². The van der Waals surface area contributed by atoms with Gasteiger partial charge in [-0.2, -0.15) is 0 Å². The summed E-state index contributed by atoms with van der Waals surface area (Å²) in [5.41, 5.74) is 1.87. The van der Waals surface area contributed by atoms with Crippen LogP contribution in [-0.4, -0.2) is 29.5 Å². The molecule has 1 rings (SSSR count). The van der Waals surface area contributed by atoms with Gasteiger partial charge in [0.1, 0.15) is 5.25 Å². The van der Waals surface area contributed by atoms with E-state index in [0.717, 1.165) is 17.7 Å². The molecule has 0 bridgehead atoms. The number of benzene rings is 1. The Morgan fingerprint density at radius 2 is 2.00 bits per heavy atom. The van der Waals surface area contributed by atoms with Crippen molar-refractivity contribution in [1.29, 1.82) is 0 Å². The fourth-order valence-electron chi connectivity index (χ4n) is 1.70. The molecule has 0 spiro atoms. The Labute approximate surface area is 137 Å². The minimum atomic E-state index is -0.338. The van der Waals surface area contributed by atoms with E-state index in [9.17, 15) is 9.59 Å². The zero-order valence-corrected chi connectivity index (χ0v) is 14.5. The Morgan fingerprint density at radius 1 is 1.27 bits per heavy atom. The minimum absolute atomic E-state index is 0.113. The SMILES string of the molecule is Cc1cccc(NC(=O)CSC(C)C(=O)OCCC(C)C)c1. The van der Waals surface area contributed by atoms with Gasteiger partial charge in [-0.1, -0.05) is 26.0 Å². The molecular weight excluding hydrogens is 298 g/mol. The molecular formula is C17H25NO3S. The molecule has 1 aromatic rings. The molecule has 1 aromatic carbocycles. The van der Waals surface area contributed by atoms with Crippen LogP contribution in [0, 0.1) is 12.8 Å². The number of aryl methyl sites for hydroxylation is 1. The van der Waals surface area contributed by atoms with Crippen molar-refractivity contribution in [3.63, 3.8) is 0 Å². The lowest BCUT2D eigenvalue weighted by molar-refractivity contribution is -0.142. The number of esters is 1. The molecule has 0 aromatic heterocycles. The first-order chi connectivity index (χ1) is 10.4. The van der Waals surface area contributed by atoms with Gasteiger partial charge in [0.05, 0.1) is 12.4 Å². The standard InChI is InChI=1S/C17H25NO3S/c1-12(2)8-9-21-17(20)14(4)22-11-16(19)18-15-7-5-6-13(3)10-15/h5-7,10,12,14H,8-9,11H2,1-4H3,(H,18,19). The number of ether oxygens (including phenoxy) is 1. The average molecular weight is 323 g/mol. The quantitative estimate of drug-likeness (QED) is 0.742. The third kappa shape index (κ3) is 7.50. The molecule has 0 aliphatic heterocycles. The van der Waals surface area contributed by atoms with Crippen LogP contribution in [0.1, 0.15) is 32.8 Å². The van der Waals surface area contributed by atoms with Gasteiger partial charge in [0.25, 0.3) is 0 Å². The lowest BCUT2D eigenvalue weighted by atomic mass is 10.1. The van der Waals surface area contributed by atoms with Crippen molar-refractivity contribution in [2.75, 3.05) is 17.7 Å². The van der Waals surface area contributed by atoms with Crippen molar-refractivity contribution >= 4 is 29.3 Å². The Hall–Kier alpha value is -1.49. The maximum absolute atomic E-state index is 11.9. The van der Waals surface area contributed by atoms with Crippen LogP contribution in [0.2, 0.25) is 0 Å². The van der Waals surface area contributed by atoms with E-state index in [1.54, 1.807) is 6.92 Å². The van der Waals surface area contributed by atoms with Gasteiger partial charge < -0.3 is 10.1 Å². The number of carbonyl (C=O) groups is 2. The zero-order valence-electron chi connectivity index (χ0n) is 13.7. The number of amides is 1. The summed E-state index contributed by atoms with van der Waals surface area (Å²) in [7, 11) is 0. The van der Waals surface area contributed by atoms with E-state index in [2.05, 4.69) is 19.2 Å². The third-order valence-corrected chi connectivity index (χ3v) is 4.16. The molecule has 0 radical (unpaired) electrons. The van der Waals surface area contributed by atoms with Crippen LogP contribution >= 0.6 is 11.8 Å². The smallest absolute Gasteiger partial charge is 0.318 e. The number of hydrogen-bond donors (Lipinski definition) is 1. The summed E-state index contributed by atoms with van der Waals surface area (Å²) in [5, 5.41) is 2.49. The van der Waals surface area contributed by atoms with Crippen molar-refractivity contribution in [3.8, 4) is 0 Å². The molecule has 22 heavy (non-hydrogen) atoms. The van der Waals surface area contributed by atoms with E-state index in [1.807, 2.05) is 31.2 Å². The van der Waals surface area contributed by atoms with E-state index in [-0.39, 0.29) is 22.9 Å². The van der Waals surface area contributed by atoms with Gasteiger partial charge in [0, 0.05) is 5.69 Å². The Morgan fingerprint density at radius 3 is 2.64 bits per heavy atom. The highest BCUT2D eigenvalue weighted by Gasteiger charge is 2.16. The van der Waals surface area contributed by atoms with Gasteiger partial charge in [0.2, 0.25) is 5.91 Å². The number of anilines is 1. The van der Waals surface area contributed by atoms with Crippen LogP contribution in [0.5, 0.6) is 0 Å². The maximum atomic E-state index is 11.9. The molecule has 1 amide bonds. The van der Waals surface area contributed by atoms with Gasteiger partial charge in [-0.05, 0) is 43.9 Å². The van der Waals surface area contributed by atoms with Crippen molar-refractivity contribution in [2.45, 2.75) is 39.4 Å². The highest BCUT2D eigenvalue weighted by Crippen LogP contribution is 2.15. The zero-order chi connectivity index (χ0) is 16.5. The van der Waals surface area contributed by atoms with Gasteiger partial charge in [-0.15, -0.1) is 11.8 Å². The van der Waals surface area contributed by atoms with E-state index < -0.39 is 0 Å². The van der Waals surface area contributed by atoms with Crippen LogP contribution in [-0.2, 0) is 14.3 Å². The van der Waals surface area contributed by atoms with Gasteiger partial charge in [-0.25, -0.2) is 0 Å². The second-order valence-electron chi connectivity index (χ2n) is 5.72. The first kappa shape index (κ1) is 18.6. The third-order valence-electron chi connectivity index (χ3n) is 3.04. The predicted molar refractivity (Wildman–Crippen MR) is 92.1 cm³/mol. The van der Waals surface area contributed by atoms with Crippen LogP contribution in [0.15, 0.2) is 24.3 Å². The molecule has 5 heteroatoms. The van der Waals surface area contributed by atoms with Crippen molar-refractivity contribution < 1.29 is 14.3 Å². The molecule has 0 heterocycles. The fraction of sp³-hybridized carbons (Fsp3) is 0.529. The molecule has 0 fully saturated rings. The lowest BCUT2D eigenvalue weighted by Gasteiger charge is -2.12. The van der Waals surface area contributed by atoms with Gasteiger partial charge >= 0.3 is 5.97 Å². The molecule has 4 nitrogen and oxygen atoms in total. The van der Waals surface area contributed by atoms with Crippen molar-refractivity contribution in [3.05, 3.63) is 29.8 Å². The molecule has 1 unspecified atom stereocenters. The minimum Gasteiger partial charge on any atom is -0.465 e. The summed E-state index contributed by atoms with van der Waals surface area (Å²) in [4.78, 5) is 23.6. The van der Waals surface area contributed by atoms with E-state index in [0.29, 0.717) is 12.5 Å². The van der Waals surface area contributed by atoms with E-state index >= 15 is 0 Å². The summed E-state index contributed by atoms with van der Waals surface area (Å²) >= 11 is 1.29. The maximum Gasteiger partial charge on any atom is 0.318 e. The fourth-order valence-corrected chi connectivity index (χ4v) is 2.38. The summed E-state index contributed by atoms with van der Waals surface area (Å²) in [6, 6.07) is 7.62. The first-order valence-corrected chi connectivity index (χ1v) is 8.58. The van der Waals surface area contributed by atoms with Crippen molar-refractivity contribution in [1.82, 2.24) is 0 Å². The monoisotopic (exact) mass is 323 g/mol. The first-order valence-electron chi connectivity index (χ1n) is 7.53. The highest BCUT2D eigenvalue weighted by molar-refractivity contribution is 8.01. The molecule has 1 atom stereocenters. The van der Waals surface area contributed by atoms with E-state index in [4.69, 9.17) is 4.74 Å². The van der Waals surface area contributed by atoms with Crippen LogP contribution in [0.25, 0.3) is 0 Å². The van der Waals surface area contributed by atoms with Crippen molar-refractivity contribution in [2.24, 2.45) is 5.92 Å². The molecule has 0 aliphatic carbocycles. The topological polar surface area (TPSA) is 55.4 Å². The number of thioether (sulfide) groups is 1. The van der Waals surface area contributed by atoms with Gasteiger partial charge in [-0.3, -0.25) is 9.59 Å². The molecule has 122 valence electrons. The molecule has 0 saturated carbocycles.